The second kappa shape index (κ2) is 20.0. The van der Waals surface area contributed by atoms with Crippen molar-refractivity contribution in [1.29, 1.82) is 0 Å². The fourth-order valence-corrected chi connectivity index (χ4v) is 6.65. The second-order valence-electron chi connectivity index (χ2n) is 18.3. The molecule has 0 spiro atoms. The molecule has 0 radical (unpaired) electrons. The quantitative estimate of drug-likeness (QED) is 0.102. The van der Waals surface area contributed by atoms with Gasteiger partial charge in [0.15, 0.2) is 17.4 Å². The molecule has 0 aliphatic heterocycles. The minimum Gasteiger partial charge on any atom is -0.457 e. The van der Waals surface area contributed by atoms with E-state index < -0.39 is 29.5 Å². The van der Waals surface area contributed by atoms with E-state index in [0.29, 0.717) is 34.5 Å². The minimum absolute atomic E-state index is 0.0383. The lowest BCUT2D eigenvalue weighted by molar-refractivity contribution is 0.261. The highest BCUT2D eigenvalue weighted by Crippen LogP contribution is 2.34. The summed E-state index contributed by atoms with van der Waals surface area (Å²) < 4.78 is 62.4. The number of carbonyl (C=O) groups excluding carboxylic acids is 2. The number of ether oxygens (including phenoxy) is 2. The lowest BCUT2D eigenvalue weighted by atomic mass is 9.92. The molecule has 8 aromatic rings. The molecule has 18 nitrogen and oxygen atoms in total. The summed E-state index contributed by atoms with van der Waals surface area (Å²) in [4.78, 5) is 33.5. The molecule has 364 valence electrons. The van der Waals surface area contributed by atoms with Crippen molar-refractivity contribution < 1.29 is 32.2 Å². The van der Waals surface area contributed by atoms with Crippen LogP contribution >= 0.6 is 0 Å². The Bertz CT molecular complexity index is 2990. The lowest BCUT2D eigenvalue weighted by Gasteiger charge is -2.14. The summed E-state index contributed by atoms with van der Waals surface area (Å²) in [5.41, 5.74) is 4.04. The maximum absolute atomic E-state index is 15.1. The average Bonchev–Trinajstić information content (AvgIpc) is 4.11. The van der Waals surface area contributed by atoms with Crippen LogP contribution in [0.5, 0.6) is 23.0 Å². The van der Waals surface area contributed by atoms with E-state index in [0.717, 1.165) is 22.5 Å². The largest absolute Gasteiger partial charge is 0.457 e. The number of nitrogens with one attached hydrogen (secondary N) is 4. The zero-order chi connectivity index (χ0) is 50.7. The van der Waals surface area contributed by atoms with Crippen molar-refractivity contribution in [3.8, 4) is 45.5 Å². The van der Waals surface area contributed by atoms with Crippen LogP contribution in [-0.4, -0.2) is 61.2 Å². The van der Waals surface area contributed by atoms with Crippen molar-refractivity contribution in [2.75, 3.05) is 21.3 Å². The van der Waals surface area contributed by atoms with Crippen molar-refractivity contribution in [2.24, 2.45) is 28.2 Å². The van der Waals surface area contributed by atoms with E-state index in [-0.39, 0.29) is 39.3 Å². The third-order valence-corrected chi connectivity index (χ3v) is 10.6. The van der Waals surface area contributed by atoms with Crippen LogP contribution in [0.4, 0.5) is 45.8 Å². The van der Waals surface area contributed by atoms with Gasteiger partial charge in [-0.05, 0) is 43.3 Å². The Morgan fingerprint density at radius 3 is 1.40 bits per heavy atom. The van der Waals surface area contributed by atoms with Crippen LogP contribution in [0.1, 0.15) is 58.5 Å². The normalized spacial score (nSPS) is 11.4. The number of pyridine rings is 2. The number of hydrogen-bond donors (Lipinski definition) is 4. The third-order valence-electron chi connectivity index (χ3n) is 10.6. The lowest BCUT2D eigenvalue weighted by Crippen LogP contribution is -2.22. The Morgan fingerprint density at radius 2 is 0.986 bits per heavy atom. The molecule has 2 aromatic carbocycles. The van der Waals surface area contributed by atoms with E-state index in [1.807, 2.05) is 54.8 Å². The van der Waals surface area contributed by atoms with Crippen LogP contribution in [0.15, 0.2) is 97.8 Å². The van der Waals surface area contributed by atoms with Gasteiger partial charge in [-0.2, -0.15) is 24.8 Å². The predicted molar refractivity (Wildman–Crippen MR) is 260 cm³/mol. The van der Waals surface area contributed by atoms with Crippen LogP contribution in [0.25, 0.3) is 22.5 Å². The molecule has 6 heterocycles. The molecule has 0 aliphatic rings. The molecule has 0 bridgehead atoms. The fourth-order valence-electron chi connectivity index (χ4n) is 6.65. The number of benzene rings is 2. The number of nitrogens with zero attached hydrogens (tertiary/aromatic N) is 10. The van der Waals surface area contributed by atoms with Crippen LogP contribution < -0.4 is 30.7 Å². The fraction of sp³-hybridized carbons (Fsp3) is 0.265. The molecule has 4 amide bonds. The molecule has 0 atom stereocenters. The Balaban J connectivity index is 0.000000206. The molecule has 0 saturated carbocycles. The molecule has 0 unspecified atom stereocenters. The number of amides is 4. The van der Waals surface area contributed by atoms with Crippen molar-refractivity contribution in [1.82, 2.24) is 49.1 Å². The zero-order valence-corrected chi connectivity index (χ0v) is 40.5. The summed E-state index contributed by atoms with van der Waals surface area (Å²) in [5, 5.41) is 27.2. The maximum Gasteiger partial charge on any atom is 0.324 e. The predicted octanol–water partition coefficient (Wildman–Crippen LogP) is 10.6. The van der Waals surface area contributed by atoms with E-state index in [9.17, 15) is 18.4 Å². The first kappa shape index (κ1) is 49.4. The van der Waals surface area contributed by atoms with Crippen molar-refractivity contribution in [3.05, 3.63) is 132 Å². The first-order valence-electron chi connectivity index (χ1n) is 21.8. The van der Waals surface area contributed by atoms with Gasteiger partial charge in [-0.15, -0.1) is 0 Å². The van der Waals surface area contributed by atoms with Crippen molar-refractivity contribution in [3.63, 3.8) is 0 Å². The number of carbonyl (C=O) groups is 2. The Hall–Kier alpha value is -8.49. The Kier molecular flexibility index (Phi) is 14.1. The number of rotatable bonds is 10. The van der Waals surface area contributed by atoms with Gasteiger partial charge in [-0.3, -0.25) is 39.3 Å². The number of halogens is 3. The van der Waals surface area contributed by atoms with Gasteiger partial charge in [0.2, 0.25) is 5.82 Å². The highest BCUT2D eigenvalue weighted by molar-refractivity contribution is 6.00. The van der Waals surface area contributed by atoms with Crippen molar-refractivity contribution >= 4 is 35.1 Å². The summed E-state index contributed by atoms with van der Waals surface area (Å²) in [5.74, 6) is -1.39. The smallest absolute Gasteiger partial charge is 0.324 e. The van der Waals surface area contributed by atoms with Crippen LogP contribution in [0.3, 0.4) is 0 Å². The van der Waals surface area contributed by atoms with Gasteiger partial charge in [-0.1, -0.05) is 41.5 Å². The first-order valence-corrected chi connectivity index (χ1v) is 21.8. The molecular formula is C49H53F3N14O4. The van der Waals surface area contributed by atoms with Crippen molar-refractivity contribution in [2.45, 2.75) is 59.3 Å². The monoisotopic (exact) mass is 958 g/mol. The number of anilines is 4. The number of hydrogen-bond acceptors (Lipinski definition) is 10. The topological polar surface area (TPSA) is 198 Å². The van der Waals surface area contributed by atoms with E-state index in [4.69, 9.17) is 9.47 Å². The highest BCUT2D eigenvalue weighted by Gasteiger charge is 2.23. The summed E-state index contributed by atoms with van der Waals surface area (Å²) >= 11 is 0. The first-order chi connectivity index (χ1) is 33.0. The van der Waals surface area contributed by atoms with Gasteiger partial charge >= 0.3 is 12.1 Å². The minimum atomic E-state index is -1.25. The summed E-state index contributed by atoms with van der Waals surface area (Å²) in [6.45, 7) is 13.7. The van der Waals surface area contributed by atoms with Gasteiger partial charge < -0.3 is 20.1 Å². The number of urea groups is 2. The Labute approximate surface area is 401 Å². The molecule has 0 aliphatic carbocycles. The van der Waals surface area contributed by atoms with Gasteiger partial charge in [0.1, 0.15) is 28.9 Å². The molecule has 0 fully saturated rings. The number of aryl methyl sites for hydroxylation is 4. The molecule has 0 saturated heterocycles. The number of aromatic nitrogens is 10. The van der Waals surface area contributed by atoms with Gasteiger partial charge in [0, 0.05) is 105 Å². The molecule has 4 N–H and O–H groups in total. The molecular weight excluding hydrogens is 906 g/mol. The van der Waals surface area contributed by atoms with Gasteiger partial charge in [-0.25, -0.2) is 18.4 Å². The highest BCUT2D eigenvalue weighted by atomic mass is 19.2. The summed E-state index contributed by atoms with van der Waals surface area (Å²) in [6.07, 6.45) is 10.1. The molecule has 6 aromatic heterocycles. The van der Waals surface area contributed by atoms with E-state index in [1.165, 1.54) is 35.1 Å². The third kappa shape index (κ3) is 11.8. The summed E-state index contributed by atoms with van der Waals surface area (Å²) in [6, 6.07) is 14.3. The maximum atomic E-state index is 15.1. The van der Waals surface area contributed by atoms with Gasteiger partial charge in [0.05, 0.1) is 46.5 Å². The van der Waals surface area contributed by atoms with Gasteiger partial charge in [0.25, 0.3) is 0 Å². The second-order valence-corrected chi connectivity index (χ2v) is 18.3. The van der Waals surface area contributed by atoms with E-state index in [1.54, 1.807) is 103 Å². The molecule has 21 heteroatoms. The molecule has 70 heavy (non-hydrogen) atoms. The summed E-state index contributed by atoms with van der Waals surface area (Å²) in [7, 11) is 7.01. The van der Waals surface area contributed by atoms with Crippen LogP contribution in [-0.2, 0) is 39.0 Å². The molecule has 8 rings (SSSR count). The Morgan fingerprint density at radius 1 is 0.557 bits per heavy atom. The van der Waals surface area contributed by atoms with Crippen LogP contribution in [0, 0.1) is 24.4 Å². The standard InChI is InChI=1S/C25H28FN7O2.C24H25F2N7O2/c1-15-20(35-17-9-10-27-19(11-17)16-13-28-32(5)14-16)8-7-18(23(15)26)29-24(34)30-22-12-21(25(2,3)4)31-33(22)6;1-24(2,3)19-11-20(33(5)31-19)30-23(34)29-16-6-7-18(22(26)21(16)25)35-15-8-9-27-17(10-15)14-12-28-32(4)13-14/h7-14H,1-6H3,(H2,29,30,34);6-13H,1-5H3,(H2,29,30,34). The van der Waals surface area contributed by atoms with E-state index >= 15 is 4.39 Å². The SMILES string of the molecule is Cc1c(Oc2ccnc(-c3cnn(C)c3)c2)ccc(NC(=O)Nc2cc(C(C)(C)C)nn2C)c1F.Cn1cc(-c2cc(Oc3ccc(NC(=O)Nc4cc(C(C)(C)C)nn4C)c(F)c3F)ccn2)cn1. The van der Waals surface area contributed by atoms with E-state index in [2.05, 4.69) is 51.6 Å². The zero-order valence-electron chi connectivity index (χ0n) is 40.5. The van der Waals surface area contributed by atoms with Crippen LogP contribution in [0.2, 0.25) is 0 Å². The average molecular weight is 959 g/mol.